The van der Waals surface area contributed by atoms with Gasteiger partial charge in [-0.25, -0.2) is 0 Å². The van der Waals surface area contributed by atoms with Gasteiger partial charge in [-0.05, 0) is 43.7 Å². The molecule has 0 aromatic heterocycles. The molecule has 0 saturated heterocycles. The number of ether oxygens (including phenoxy) is 1. The van der Waals surface area contributed by atoms with Gasteiger partial charge in [0.05, 0.1) is 5.75 Å². The van der Waals surface area contributed by atoms with E-state index in [1.54, 1.807) is 24.3 Å². The second-order valence-corrected chi connectivity index (χ2v) is 6.64. The fourth-order valence-corrected chi connectivity index (χ4v) is 2.95. The molecular formula is C18H18ClNO3S. The number of carbonyl (C=O) groups excluding carboxylic acids is 2. The Bertz CT molecular complexity index is 736. The molecule has 6 heteroatoms. The van der Waals surface area contributed by atoms with Gasteiger partial charge in [0.15, 0.2) is 6.10 Å². The summed E-state index contributed by atoms with van der Waals surface area (Å²) in [5.74, 6) is -0.678. The second kappa shape index (κ2) is 8.76. The molecule has 0 fully saturated rings. The predicted molar refractivity (Wildman–Crippen MR) is 97.5 cm³/mol. The lowest BCUT2D eigenvalue weighted by atomic mass is 10.2. The number of aryl methyl sites for hydroxylation is 1. The van der Waals surface area contributed by atoms with Gasteiger partial charge in [-0.2, -0.15) is 0 Å². The van der Waals surface area contributed by atoms with Crippen LogP contribution in [0.1, 0.15) is 12.5 Å². The first kappa shape index (κ1) is 18.4. The van der Waals surface area contributed by atoms with E-state index in [1.807, 2.05) is 31.2 Å². The lowest BCUT2D eigenvalue weighted by molar-refractivity contribution is -0.150. The van der Waals surface area contributed by atoms with Crippen LogP contribution in [0.4, 0.5) is 5.69 Å². The van der Waals surface area contributed by atoms with Crippen LogP contribution >= 0.6 is 23.4 Å². The summed E-state index contributed by atoms with van der Waals surface area (Å²) < 4.78 is 5.17. The minimum absolute atomic E-state index is 0.152. The minimum atomic E-state index is -0.881. The third-order valence-corrected chi connectivity index (χ3v) is 4.59. The zero-order valence-electron chi connectivity index (χ0n) is 13.4. The van der Waals surface area contributed by atoms with Gasteiger partial charge in [0, 0.05) is 15.6 Å². The first-order chi connectivity index (χ1) is 11.5. The van der Waals surface area contributed by atoms with E-state index in [1.165, 1.54) is 18.7 Å². The highest BCUT2D eigenvalue weighted by molar-refractivity contribution is 8.00. The molecule has 0 aliphatic carbocycles. The van der Waals surface area contributed by atoms with E-state index >= 15 is 0 Å². The molecule has 0 spiro atoms. The van der Waals surface area contributed by atoms with Gasteiger partial charge >= 0.3 is 5.97 Å². The van der Waals surface area contributed by atoms with E-state index in [0.717, 1.165) is 10.5 Å². The number of hydrogen-bond donors (Lipinski definition) is 1. The van der Waals surface area contributed by atoms with Crippen molar-refractivity contribution in [1.29, 1.82) is 0 Å². The molecule has 0 aliphatic heterocycles. The molecule has 1 amide bonds. The maximum Gasteiger partial charge on any atom is 0.317 e. The molecule has 4 nitrogen and oxygen atoms in total. The summed E-state index contributed by atoms with van der Waals surface area (Å²) in [6.45, 7) is 3.52. The lowest BCUT2D eigenvalue weighted by Gasteiger charge is -2.14. The van der Waals surface area contributed by atoms with Crippen LogP contribution in [0, 0.1) is 6.92 Å². The number of esters is 1. The van der Waals surface area contributed by atoms with Crippen molar-refractivity contribution in [3.05, 3.63) is 59.1 Å². The largest absolute Gasteiger partial charge is 0.452 e. The molecule has 24 heavy (non-hydrogen) atoms. The first-order valence-electron chi connectivity index (χ1n) is 7.40. The van der Waals surface area contributed by atoms with Crippen molar-refractivity contribution in [3.8, 4) is 0 Å². The molecule has 2 aromatic carbocycles. The highest BCUT2D eigenvalue weighted by atomic mass is 35.5. The zero-order chi connectivity index (χ0) is 17.5. The fourth-order valence-electron chi connectivity index (χ4n) is 1.95. The van der Waals surface area contributed by atoms with E-state index in [2.05, 4.69) is 5.32 Å². The number of carbonyl (C=O) groups is 2. The van der Waals surface area contributed by atoms with Crippen molar-refractivity contribution in [2.45, 2.75) is 24.8 Å². The Morgan fingerprint density at radius 2 is 1.96 bits per heavy atom. The fraction of sp³-hybridized carbons (Fsp3) is 0.222. The summed E-state index contributed by atoms with van der Waals surface area (Å²) in [4.78, 5) is 25.0. The highest BCUT2D eigenvalue weighted by Gasteiger charge is 2.18. The predicted octanol–water partition coefficient (Wildman–Crippen LogP) is 4.31. The molecule has 0 heterocycles. The summed E-state index contributed by atoms with van der Waals surface area (Å²) in [6, 6.07) is 14.6. The number of benzene rings is 2. The van der Waals surface area contributed by atoms with Crippen LogP contribution in [-0.4, -0.2) is 23.7 Å². The van der Waals surface area contributed by atoms with E-state index in [9.17, 15) is 9.59 Å². The zero-order valence-corrected chi connectivity index (χ0v) is 15.0. The average molecular weight is 364 g/mol. The third-order valence-electron chi connectivity index (χ3n) is 3.21. The van der Waals surface area contributed by atoms with Crippen LogP contribution < -0.4 is 5.32 Å². The molecule has 0 aliphatic rings. The van der Waals surface area contributed by atoms with Gasteiger partial charge in [0.2, 0.25) is 0 Å². The second-order valence-electron chi connectivity index (χ2n) is 5.19. The average Bonchev–Trinajstić information content (AvgIpc) is 2.54. The quantitative estimate of drug-likeness (QED) is 0.613. The Morgan fingerprint density at radius 3 is 2.67 bits per heavy atom. The Balaban J connectivity index is 1.82. The van der Waals surface area contributed by atoms with Crippen molar-refractivity contribution < 1.29 is 14.3 Å². The number of amides is 1. The van der Waals surface area contributed by atoms with Crippen molar-refractivity contribution in [1.82, 2.24) is 0 Å². The summed E-state index contributed by atoms with van der Waals surface area (Å²) in [7, 11) is 0. The van der Waals surface area contributed by atoms with Crippen LogP contribution in [0.5, 0.6) is 0 Å². The monoisotopic (exact) mass is 363 g/mol. The molecular weight excluding hydrogens is 346 g/mol. The molecule has 0 radical (unpaired) electrons. The number of thioether (sulfide) groups is 1. The summed E-state index contributed by atoms with van der Waals surface area (Å²) in [5, 5.41) is 3.18. The molecule has 0 unspecified atom stereocenters. The van der Waals surface area contributed by atoms with Gasteiger partial charge in [-0.1, -0.05) is 35.9 Å². The summed E-state index contributed by atoms with van der Waals surface area (Å²) >= 11 is 7.26. The number of halogens is 1. The Hall–Kier alpha value is -1.98. The lowest BCUT2D eigenvalue weighted by Crippen LogP contribution is -2.30. The molecule has 1 atom stereocenters. The Labute approximate surface area is 150 Å². The highest BCUT2D eigenvalue weighted by Crippen LogP contribution is 2.22. The third kappa shape index (κ3) is 5.58. The van der Waals surface area contributed by atoms with Crippen LogP contribution in [0.15, 0.2) is 53.4 Å². The van der Waals surface area contributed by atoms with Gasteiger partial charge in [0.1, 0.15) is 0 Å². The number of hydrogen-bond acceptors (Lipinski definition) is 4. The normalized spacial score (nSPS) is 11.6. The molecule has 0 bridgehead atoms. The molecule has 2 rings (SSSR count). The smallest absolute Gasteiger partial charge is 0.317 e. The van der Waals surface area contributed by atoms with E-state index < -0.39 is 18.0 Å². The summed E-state index contributed by atoms with van der Waals surface area (Å²) in [6.07, 6.45) is -0.881. The maximum absolute atomic E-state index is 12.0. The van der Waals surface area contributed by atoms with Gasteiger partial charge in [0.25, 0.3) is 5.91 Å². The first-order valence-corrected chi connectivity index (χ1v) is 8.76. The minimum Gasteiger partial charge on any atom is -0.452 e. The van der Waals surface area contributed by atoms with Crippen LogP contribution in [0.25, 0.3) is 0 Å². The molecule has 2 aromatic rings. The standard InChI is InChI=1S/C18H18ClNO3S/c1-12-6-3-4-9-16(12)24-11-17(21)23-13(2)18(22)20-15-8-5-7-14(19)10-15/h3-10,13H,11H2,1-2H3,(H,20,22)/t13-/m1/s1. The van der Waals surface area contributed by atoms with Crippen molar-refractivity contribution in [2.24, 2.45) is 0 Å². The van der Waals surface area contributed by atoms with Crippen molar-refractivity contribution in [3.63, 3.8) is 0 Å². The van der Waals surface area contributed by atoms with Crippen molar-refractivity contribution >= 4 is 40.9 Å². The van der Waals surface area contributed by atoms with Crippen molar-refractivity contribution in [2.75, 3.05) is 11.1 Å². The Morgan fingerprint density at radius 1 is 1.21 bits per heavy atom. The Kier molecular flexibility index (Phi) is 6.70. The number of nitrogens with one attached hydrogen (secondary N) is 1. The van der Waals surface area contributed by atoms with Crippen LogP contribution in [-0.2, 0) is 14.3 Å². The van der Waals surface area contributed by atoms with E-state index in [0.29, 0.717) is 10.7 Å². The molecule has 0 saturated carbocycles. The van der Waals surface area contributed by atoms with E-state index in [-0.39, 0.29) is 5.75 Å². The number of rotatable bonds is 6. The topological polar surface area (TPSA) is 55.4 Å². The SMILES string of the molecule is Cc1ccccc1SCC(=O)O[C@H](C)C(=O)Nc1cccc(Cl)c1. The van der Waals surface area contributed by atoms with Gasteiger partial charge < -0.3 is 10.1 Å². The molecule has 1 N–H and O–H groups in total. The van der Waals surface area contributed by atoms with Gasteiger partial charge in [-0.3, -0.25) is 9.59 Å². The maximum atomic E-state index is 12.0. The van der Waals surface area contributed by atoms with Gasteiger partial charge in [-0.15, -0.1) is 11.8 Å². The van der Waals surface area contributed by atoms with Crippen LogP contribution in [0.2, 0.25) is 5.02 Å². The van der Waals surface area contributed by atoms with Crippen LogP contribution in [0.3, 0.4) is 0 Å². The molecule has 126 valence electrons. The van der Waals surface area contributed by atoms with E-state index in [4.69, 9.17) is 16.3 Å². The number of anilines is 1. The summed E-state index contributed by atoms with van der Waals surface area (Å²) in [5.41, 5.74) is 1.66.